The molecular weight excluding hydrogens is 684 g/mol. The molecule has 0 bridgehead atoms. The van der Waals surface area contributed by atoms with E-state index in [0.717, 1.165) is 46.4 Å². The number of rotatable bonds is 21. The van der Waals surface area contributed by atoms with Crippen molar-refractivity contribution in [3.63, 3.8) is 0 Å². The highest BCUT2D eigenvalue weighted by Crippen LogP contribution is 2.34. The first-order chi connectivity index (χ1) is 26.2. The molecule has 11 nitrogen and oxygen atoms in total. The summed E-state index contributed by atoms with van der Waals surface area (Å²) < 4.78 is 5.32. The number of amides is 1. The number of carbonyl (C=O) groups is 3. The van der Waals surface area contributed by atoms with E-state index in [4.69, 9.17) is 19.7 Å². The van der Waals surface area contributed by atoms with Crippen LogP contribution in [0.4, 0.5) is 0 Å². The second kappa shape index (κ2) is 19.9. The lowest BCUT2D eigenvalue weighted by Crippen LogP contribution is -2.30. The highest BCUT2D eigenvalue weighted by molar-refractivity contribution is 6.03. The Kier molecular flexibility index (Phi) is 14.6. The van der Waals surface area contributed by atoms with Gasteiger partial charge in [0.1, 0.15) is 11.6 Å². The Hall–Kier alpha value is -5.71. The van der Waals surface area contributed by atoms with E-state index < -0.39 is 24.6 Å². The minimum Gasteiger partial charge on any atom is -0.482 e. The van der Waals surface area contributed by atoms with Gasteiger partial charge in [-0.25, -0.2) is 14.6 Å². The predicted octanol–water partition coefficient (Wildman–Crippen LogP) is 8.89. The van der Waals surface area contributed by atoms with Crippen molar-refractivity contribution in [2.45, 2.75) is 96.6 Å². The summed E-state index contributed by atoms with van der Waals surface area (Å²) in [6.45, 7) is 3.86. The second-order valence-electron chi connectivity index (χ2n) is 13.7. The Morgan fingerprint density at radius 1 is 0.852 bits per heavy atom. The summed E-state index contributed by atoms with van der Waals surface area (Å²) in [5, 5.41) is 25.3. The molecule has 11 heteroatoms. The number of hydrogen-bond donors (Lipinski definition) is 4. The Morgan fingerprint density at radius 2 is 1.46 bits per heavy atom. The summed E-state index contributed by atoms with van der Waals surface area (Å²) >= 11 is 0. The van der Waals surface area contributed by atoms with Crippen LogP contribution in [-0.2, 0) is 19.2 Å². The van der Waals surface area contributed by atoms with Gasteiger partial charge in [0, 0.05) is 35.2 Å². The number of ether oxygens (including phenoxy) is 1. The topological polar surface area (TPSA) is 163 Å². The Morgan fingerprint density at radius 3 is 2.09 bits per heavy atom. The Labute approximate surface area is 316 Å². The van der Waals surface area contributed by atoms with Gasteiger partial charge in [0.25, 0.3) is 0 Å². The van der Waals surface area contributed by atoms with Crippen molar-refractivity contribution < 1.29 is 34.2 Å². The van der Waals surface area contributed by atoms with E-state index in [1.165, 1.54) is 51.4 Å². The van der Waals surface area contributed by atoms with Gasteiger partial charge < -0.3 is 30.1 Å². The molecule has 0 saturated heterocycles. The van der Waals surface area contributed by atoms with Crippen LogP contribution in [-0.4, -0.2) is 62.5 Å². The minimum absolute atomic E-state index is 0.112. The van der Waals surface area contributed by atoms with E-state index in [9.17, 15) is 19.5 Å². The first-order valence-corrected chi connectivity index (χ1v) is 18.9. The largest absolute Gasteiger partial charge is 0.482 e. The molecule has 284 valence electrons. The molecule has 1 aliphatic heterocycles. The maximum atomic E-state index is 12.7. The fourth-order valence-corrected chi connectivity index (χ4v) is 6.34. The van der Waals surface area contributed by atoms with Gasteiger partial charge in [-0.05, 0) is 54.8 Å². The van der Waals surface area contributed by atoms with Crippen molar-refractivity contribution in [2.75, 3.05) is 6.61 Å². The van der Waals surface area contributed by atoms with Gasteiger partial charge in [0.2, 0.25) is 12.0 Å². The molecule has 3 aromatic carbocycles. The number of H-pyrrole nitrogens is 1. The van der Waals surface area contributed by atoms with Crippen LogP contribution >= 0.6 is 0 Å². The zero-order chi connectivity index (χ0) is 38.3. The normalized spacial score (nSPS) is 14.4. The summed E-state index contributed by atoms with van der Waals surface area (Å²) in [4.78, 5) is 48.4. The molecule has 1 aromatic heterocycles. The van der Waals surface area contributed by atoms with Crippen LogP contribution in [0.1, 0.15) is 95.6 Å². The van der Waals surface area contributed by atoms with E-state index in [-0.39, 0.29) is 18.4 Å². The molecule has 5 rings (SSSR count). The van der Waals surface area contributed by atoms with Crippen molar-refractivity contribution in [1.82, 2.24) is 15.3 Å². The molecule has 0 spiro atoms. The van der Waals surface area contributed by atoms with Crippen LogP contribution in [0.5, 0.6) is 5.75 Å². The second-order valence-corrected chi connectivity index (χ2v) is 13.7. The number of oxime groups is 1. The number of nitrogens with zero attached hydrogens (tertiary/aromatic N) is 2. The predicted molar refractivity (Wildman–Crippen MR) is 210 cm³/mol. The van der Waals surface area contributed by atoms with Crippen LogP contribution in [0.3, 0.4) is 0 Å². The molecule has 54 heavy (non-hydrogen) atoms. The number of aromatic amines is 1. The van der Waals surface area contributed by atoms with E-state index in [1.807, 2.05) is 60.7 Å². The lowest BCUT2D eigenvalue weighted by molar-refractivity contribution is -0.148. The van der Waals surface area contributed by atoms with Gasteiger partial charge in [0.05, 0.1) is 17.1 Å². The van der Waals surface area contributed by atoms with Gasteiger partial charge in [-0.1, -0.05) is 118 Å². The number of nitrogens with one attached hydrogen (secondary N) is 2. The number of carboxylic acids is 2. The van der Waals surface area contributed by atoms with Crippen molar-refractivity contribution >= 4 is 29.6 Å². The number of hydrogen-bond acceptors (Lipinski definition) is 7. The highest BCUT2D eigenvalue weighted by atomic mass is 16.7. The van der Waals surface area contributed by atoms with Gasteiger partial charge in [0.15, 0.2) is 6.61 Å². The first-order valence-electron chi connectivity index (χ1n) is 18.9. The number of imidazole rings is 1. The van der Waals surface area contributed by atoms with Crippen molar-refractivity contribution in [3.05, 3.63) is 90.0 Å². The quantitative estimate of drug-likeness (QED) is 0.0487. The summed E-state index contributed by atoms with van der Waals surface area (Å²) in [7, 11) is 0. The monoisotopic (exact) mass is 734 g/mol. The number of carbonyl (C=O) groups excluding carboxylic acids is 1. The van der Waals surface area contributed by atoms with Gasteiger partial charge in [-0.2, -0.15) is 0 Å². The van der Waals surface area contributed by atoms with E-state index in [1.54, 1.807) is 24.3 Å². The zero-order valence-corrected chi connectivity index (χ0v) is 31.1. The summed E-state index contributed by atoms with van der Waals surface area (Å²) in [6, 6.07) is 22.5. The SMILES string of the molecule is CCCCCCCCCCCC(C)NC(=O)/C=C/c1ccc(-c2[nH]c(-c3ccc(C4=NOC(C(=O)O)C4)cc3)nc2-c2ccc(OCC(=O)O)cc2)cc1. The summed E-state index contributed by atoms with van der Waals surface area (Å²) in [5.74, 6) is -1.18. The van der Waals surface area contributed by atoms with Crippen LogP contribution < -0.4 is 10.1 Å². The van der Waals surface area contributed by atoms with Crippen LogP contribution in [0.2, 0.25) is 0 Å². The molecule has 0 aliphatic carbocycles. The molecule has 1 amide bonds. The average molecular weight is 735 g/mol. The third-order valence-corrected chi connectivity index (χ3v) is 9.39. The molecule has 2 unspecified atom stereocenters. The minimum atomic E-state index is -1.06. The molecular formula is C43H50N4O7. The molecule has 2 heterocycles. The molecule has 1 aliphatic rings. The highest BCUT2D eigenvalue weighted by Gasteiger charge is 2.28. The van der Waals surface area contributed by atoms with Crippen molar-refractivity contribution in [1.29, 1.82) is 0 Å². The van der Waals surface area contributed by atoms with Gasteiger partial charge >= 0.3 is 11.9 Å². The molecule has 0 fully saturated rings. The molecule has 2 atom stereocenters. The number of carboxylic acid groups (broad SMARTS) is 2. The lowest BCUT2D eigenvalue weighted by atomic mass is 10.0. The smallest absolute Gasteiger partial charge is 0.348 e. The third kappa shape index (κ3) is 11.6. The fourth-order valence-electron chi connectivity index (χ4n) is 6.34. The van der Waals surface area contributed by atoms with Gasteiger partial charge in [-0.3, -0.25) is 4.79 Å². The third-order valence-electron chi connectivity index (χ3n) is 9.39. The standard InChI is InChI=1S/C43H50N4O7/c1-3-4-5-6-7-8-9-10-11-12-29(2)44-38(48)26-15-30-13-16-32(17-14-30)40-41(33-22-24-35(25-23-33)53-28-39(49)50)46-42(45-40)34-20-18-31(19-21-34)36-27-37(43(51)52)54-47-36/h13-26,29,37H,3-12,27-28H2,1-2H3,(H,44,48)(H,45,46)(H,49,50)(H,51,52)/b26-15+. The number of aliphatic carboxylic acids is 2. The Bertz CT molecular complexity index is 1900. The first kappa shape index (κ1) is 39.5. The number of unbranched alkanes of at least 4 members (excludes halogenated alkanes) is 8. The Balaban J connectivity index is 1.24. The lowest BCUT2D eigenvalue weighted by Gasteiger charge is -2.12. The molecule has 4 N–H and O–H groups in total. The van der Waals surface area contributed by atoms with Crippen molar-refractivity contribution in [3.8, 4) is 39.7 Å². The fraction of sp³-hybridized carbons (Fsp3) is 0.372. The van der Waals surface area contributed by atoms with E-state index in [0.29, 0.717) is 23.0 Å². The average Bonchev–Trinajstić information content (AvgIpc) is 3.86. The molecule has 4 aromatic rings. The van der Waals surface area contributed by atoms with Crippen LogP contribution in [0.15, 0.2) is 84.0 Å². The maximum Gasteiger partial charge on any atom is 0.348 e. The van der Waals surface area contributed by atoms with Crippen LogP contribution in [0, 0.1) is 0 Å². The van der Waals surface area contributed by atoms with Crippen LogP contribution in [0.25, 0.3) is 40.0 Å². The maximum absolute atomic E-state index is 12.7. The summed E-state index contributed by atoms with van der Waals surface area (Å²) in [5.41, 5.74) is 6.12. The molecule has 0 saturated carbocycles. The van der Waals surface area contributed by atoms with Crippen molar-refractivity contribution in [2.24, 2.45) is 5.16 Å². The number of benzene rings is 3. The zero-order valence-electron chi connectivity index (χ0n) is 31.1. The molecule has 0 radical (unpaired) electrons. The van der Waals surface area contributed by atoms with Gasteiger partial charge in [-0.15, -0.1) is 0 Å². The van der Waals surface area contributed by atoms with E-state index in [2.05, 4.69) is 29.3 Å². The number of aromatic nitrogens is 2. The summed E-state index contributed by atoms with van der Waals surface area (Å²) in [6.07, 6.45) is 15.1. The van der Waals surface area contributed by atoms with E-state index >= 15 is 0 Å².